The molecular weight excluding hydrogens is 220 g/mol. The number of nitrogens with zero attached hydrogens (tertiary/aromatic N) is 1. The zero-order chi connectivity index (χ0) is 13.2. The maximum atomic E-state index is 5.88. The van der Waals surface area contributed by atoms with Gasteiger partial charge in [0.2, 0.25) is 0 Å². The van der Waals surface area contributed by atoms with Gasteiger partial charge in [-0.2, -0.15) is 0 Å². The molecule has 2 rings (SSSR count). The molecule has 1 unspecified atom stereocenters. The van der Waals surface area contributed by atoms with Crippen molar-refractivity contribution in [2.24, 2.45) is 11.7 Å². The van der Waals surface area contributed by atoms with Crippen molar-refractivity contribution < 1.29 is 0 Å². The summed E-state index contributed by atoms with van der Waals surface area (Å²) in [5, 5.41) is 0. The van der Waals surface area contributed by atoms with Crippen molar-refractivity contribution in [2.75, 3.05) is 18.0 Å². The molecule has 1 atom stereocenters. The van der Waals surface area contributed by atoms with E-state index in [4.69, 9.17) is 5.73 Å². The van der Waals surface area contributed by atoms with Crippen LogP contribution in [0.1, 0.15) is 39.2 Å². The van der Waals surface area contributed by atoms with Gasteiger partial charge in [0, 0.05) is 17.8 Å². The van der Waals surface area contributed by atoms with Gasteiger partial charge in [-0.25, -0.2) is 0 Å². The van der Waals surface area contributed by atoms with Gasteiger partial charge in [-0.3, -0.25) is 0 Å². The molecule has 2 heteroatoms. The molecule has 1 aliphatic heterocycles. The highest BCUT2D eigenvalue weighted by Gasteiger charge is 2.34. The summed E-state index contributed by atoms with van der Waals surface area (Å²) in [5.74, 6) is 0.642. The third-order valence-electron chi connectivity index (χ3n) is 4.33. The van der Waals surface area contributed by atoms with Crippen LogP contribution in [0.2, 0.25) is 0 Å². The fourth-order valence-electron chi connectivity index (χ4n) is 2.98. The van der Waals surface area contributed by atoms with Crippen molar-refractivity contribution in [1.82, 2.24) is 0 Å². The Morgan fingerprint density at radius 1 is 1.33 bits per heavy atom. The van der Waals surface area contributed by atoms with E-state index in [9.17, 15) is 0 Å². The van der Waals surface area contributed by atoms with Gasteiger partial charge in [-0.05, 0) is 57.2 Å². The maximum Gasteiger partial charge on any atom is 0.0403 e. The van der Waals surface area contributed by atoms with Crippen molar-refractivity contribution in [2.45, 2.75) is 45.6 Å². The second kappa shape index (κ2) is 5.31. The van der Waals surface area contributed by atoms with Crippen LogP contribution in [0, 0.1) is 5.92 Å². The fraction of sp³-hybridized carbons (Fsp3) is 0.625. The molecule has 1 saturated heterocycles. The fourth-order valence-corrected chi connectivity index (χ4v) is 2.98. The van der Waals surface area contributed by atoms with E-state index >= 15 is 0 Å². The number of hydrogen-bond acceptors (Lipinski definition) is 2. The van der Waals surface area contributed by atoms with Gasteiger partial charge in [0.05, 0.1) is 0 Å². The predicted molar refractivity (Wildman–Crippen MR) is 79.0 cm³/mol. The van der Waals surface area contributed by atoms with Crippen LogP contribution in [0.15, 0.2) is 24.3 Å². The van der Waals surface area contributed by atoms with Crippen molar-refractivity contribution in [1.29, 1.82) is 0 Å². The van der Waals surface area contributed by atoms with E-state index in [1.54, 1.807) is 0 Å². The lowest BCUT2D eigenvalue weighted by Gasteiger charge is -2.47. The average molecular weight is 246 g/mol. The normalized spacial score (nSPS) is 23.1. The summed E-state index contributed by atoms with van der Waals surface area (Å²) >= 11 is 0. The van der Waals surface area contributed by atoms with Crippen molar-refractivity contribution in [3.63, 3.8) is 0 Å². The molecule has 1 heterocycles. The summed E-state index contributed by atoms with van der Waals surface area (Å²) in [6.07, 6.45) is 3.58. The SMILES string of the molecule is CCc1ccccc1N1CC(CN)CCC1(C)C. The summed E-state index contributed by atoms with van der Waals surface area (Å²) in [4.78, 5) is 2.58. The molecule has 1 aromatic carbocycles. The molecule has 0 amide bonds. The molecular formula is C16H26N2. The first-order valence-electron chi connectivity index (χ1n) is 7.14. The minimum Gasteiger partial charge on any atom is -0.366 e. The first-order valence-corrected chi connectivity index (χ1v) is 7.14. The molecule has 1 aromatic rings. The number of nitrogens with two attached hydrogens (primary N) is 1. The summed E-state index contributed by atoms with van der Waals surface area (Å²) < 4.78 is 0. The van der Waals surface area contributed by atoms with E-state index in [2.05, 4.69) is 49.9 Å². The van der Waals surface area contributed by atoms with Crippen LogP contribution in [-0.2, 0) is 6.42 Å². The van der Waals surface area contributed by atoms with Gasteiger partial charge in [0.25, 0.3) is 0 Å². The summed E-state index contributed by atoms with van der Waals surface area (Å²) in [6, 6.07) is 8.80. The molecule has 0 spiro atoms. The van der Waals surface area contributed by atoms with Crippen molar-refractivity contribution >= 4 is 5.69 Å². The topological polar surface area (TPSA) is 29.3 Å². The lowest BCUT2D eigenvalue weighted by Crippen LogP contribution is -2.52. The number of piperidine rings is 1. The second-order valence-corrected chi connectivity index (χ2v) is 6.05. The largest absolute Gasteiger partial charge is 0.366 e. The second-order valence-electron chi connectivity index (χ2n) is 6.05. The molecule has 0 aromatic heterocycles. The Morgan fingerprint density at radius 3 is 2.72 bits per heavy atom. The van der Waals surface area contributed by atoms with E-state index in [0.29, 0.717) is 5.92 Å². The Balaban J connectivity index is 2.33. The molecule has 0 aliphatic carbocycles. The van der Waals surface area contributed by atoms with Crippen LogP contribution in [0.4, 0.5) is 5.69 Å². The minimum absolute atomic E-state index is 0.247. The van der Waals surface area contributed by atoms with Gasteiger partial charge in [0.15, 0.2) is 0 Å². The Labute approximate surface area is 111 Å². The number of benzene rings is 1. The Bertz CT molecular complexity index is 398. The molecule has 2 nitrogen and oxygen atoms in total. The van der Waals surface area contributed by atoms with Crippen LogP contribution in [0.25, 0.3) is 0 Å². The van der Waals surface area contributed by atoms with Crippen LogP contribution in [0.3, 0.4) is 0 Å². The summed E-state index contributed by atoms with van der Waals surface area (Å²) in [7, 11) is 0. The molecule has 1 aliphatic rings. The molecule has 0 radical (unpaired) electrons. The highest BCUT2D eigenvalue weighted by molar-refractivity contribution is 5.56. The standard InChI is InChI=1S/C16H26N2/c1-4-14-7-5-6-8-15(14)18-12-13(11-17)9-10-16(18,2)3/h5-8,13H,4,9-12,17H2,1-3H3. The minimum atomic E-state index is 0.247. The monoisotopic (exact) mass is 246 g/mol. The van der Waals surface area contributed by atoms with E-state index < -0.39 is 0 Å². The van der Waals surface area contributed by atoms with E-state index in [-0.39, 0.29) is 5.54 Å². The van der Waals surface area contributed by atoms with E-state index in [1.165, 1.54) is 24.1 Å². The zero-order valence-corrected chi connectivity index (χ0v) is 11.9. The van der Waals surface area contributed by atoms with Crippen molar-refractivity contribution in [3.8, 4) is 0 Å². The Kier molecular flexibility index (Phi) is 3.96. The number of hydrogen-bond donors (Lipinski definition) is 1. The van der Waals surface area contributed by atoms with Crippen LogP contribution < -0.4 is 10.6 Å². The van der Waals surface area contributed by atoms with Gasteiger partial charge in [0.1, 0.15) is 0 Å². The summed E-state index contributed by atoms with van der Waals surface area (Å²) in [6.45, 7) is 8.84. The average Bonchev–Trinajstić information content (AvgIpc) is 2.38. The molecule has 0 bridgehead atoms. The molecule has 18 heavy (non-hydrogen) atoms. The maximum absolute atomic E-state index is 5.88. The smallest absolute Gasteiger partial charge is 0.0403 e. The quantitative estimate of drug-likeness (QED) is 0.887. The van der Waals surface area contributed by atoms with Gasteiger partial charge >= 0.3 is 0 Å². The van der Waals surface area contributed by atoms with Crippen LogP contribution in [-0.4, -0.2) is 18.6 Å². The highest BCUT2D eigenvalue weighted by Crippen LogP contribution is 2.36. The van der Waals surface area contributed by atoms with Crippen LogP contribution in [0.5, 0.6) is 0 Å². The number of anilines is 1. The molecule has 0 saturated carbocycles. The number of para-hydroxylation sites is 1. The Hall–Kier alpha value is -1.02. The molecule has 2 N–H and O–H groups in total. The Morgan fingerprint density at radius 2 is 2.06 bits per heavy atom. The number of rotatable bonds is 3. The number of aryl methyl sites for hydroxylation is 1. The summed E-state index contributed by atoms with van der Waals surface area (Å²) in [5.41, 5.74) is 8.98. The lowest BCUT2D eigenvalue weighted by molar-refractivity contribution is 0.294. The van der Waals surface area contributed by atoms with Gasteiger partial charge in [-0.15, -0.1) is 0 Å². The van der Waals surface area contributed by atoms with Crippen LogP contribution >= 0.6 is 0 Å². The third-order valence-corrected chi connectivity index (χ3v) is 4.33. The van der Waals surface area contributed by atoms with Gasteiger partial charge < -0.3 is 10.6 Å². The molecule has 1 fully saturated rings. The highest BCUT2D eigenvalue weighted by atomic mass is 15.2. The lowest BCUT2D eigenvalue weighted by atomic mass is 9.84. The first kappa shape index (κ1) is 13.4. The zero-order valence-electron chi connectivity index (χ0n) is 11.9. The predicted octanol–water partition coefficient (Wildman–Crippen LogP) is 3.20. The first-order chi connectivity index (χ1) is 8.58. The third kappa shape index (κ3) is 2.54. The van der Waals surface area contributed by atoms with E-state index in [1.807, 2.05) is 0 Å². The van der Waals surface area contributed by atoms with Gasteiger partial charge in [-0.1, -0.05) is 25.1 Å². The molecule has 100 valence electrons. The van der Waals surface area contributed by atoms with Crippen molar-refractivity contribution in [3.05, 3.63) is 29.8 Å². The van der Waals surface area contributed by atoms with E-state index in [0.717, 1.165) is 19.5 Å².